The highest BCUT2D eigenvalue weighted by atomic mass is 35.5. The Morgan fingerprint density at radius 2 is 1.78 bits per heavy atom. The largest absolute Gasteiger partial charge is 0.355 e. The molecular weight excluding hydrogens is 450 g/mol. The maximum absolute atomic E-state index is 13.7. The van der Waals surface area contributed by atoms with Gasteiger partial charge in [-0.3, -0.25) is 9.59 Å². The molecule has 2 amide bonds. The maximum Gasteiger partial charge on any atom is 0.244 e. The molecule has 1 aliphatic rings. The lowest BCUT2D eigenvalue weighted by Crippen LogP contribution is -2.49. The second-order valence-corrected chi connectivity index (χ2v) is 11.1. The van der Waals surface area contributed by atoms with Gasteiger partial charge in [0.25, 0.3) is 0 Å². The summed E-state index contributed by atoms with van der Waals surface area (Å²) in [5, 5.41) is 5.98. The topological polar surface area (TPSA) is 95.6 Å². The zero-order valence-electron chi connectivity index (χ0n) is 18.4. The monoisotopic (exact) mass is 477 g/mol. The molecule has 1 saturated heterocycles. The molecular formula is C23H28ClN3O4S. The number of anilines is 1. The fourth-order valence-corrected chi connectivity index (χ4v) is 5.48. The van der Waals surface area contributed by atoms with E-state index >= 15 is 0 Å². The molecule has 172 valence electrons. The minimum atomic E-state index is -4.00. The van der Waals surface area contributed by atoms with Gasteiger partial charge >= 0.3 is 0 Å². The third-order valence-electron chi connectivity index (χ3n) is 5.53. The Kier molecular flexibility index (Phi) is 7.27. The van der Waals surface area contributed by atoms with E-state index in [9.17, 15) is 18.0 Å². The first-order valence-electron chi connectivity index (χ1n) is 10.4. The number of nitrogens with zero attached hydrogens (tertiary/aromatic N) is 1. The molecule has 1 atom stereocenters. The van der Waals surface area contributed by atoms with Gasteiger partial charge in [-0.25, -0.2) is 8.42 Å². The van der Waals surface area contributed by atoms with Gasteiger partial charge in [0.2, 0.25) is 21.8 Å². The lowest BCUT2D eigenvalue weighted by Gasteiger charge is -2.33. The minimum Gasteiger partial charge on any atom is -0.355 e. The van der Waals surface area contributed by atoms with Crippen LogP contribution in [0.15, 0.2) is 53.4 Å². The molecule has 0 radical (unpaired) electrons. The van der Waals surface area contributed by atoms with Gasteiger partial charge in [0.15, 0.2) is 0 Å². The van der Waals surface area contributed by atoms with Crippen LogP contribution in [0.25, 0.3) is 0 Å². The summed E-state index contributed by atoms with van der Waals surface area (Å²) in [6.45, 7) is 6.01. The quantitative estimate of drug-likeness (QED) is 0.661. The van der Waals surface area contributed by atoms with Gasteiger partial charge in [-0.05, 0) is 60.2 Å². The van der Waals surface area contributed by atoms with Crippen LogP contribution < -0.4 is 10.6 Å². The highest BCUT2D eigenvalue weighted by molar-refractivity contribution is 7.89. The van der Waals surface area contributed by atoms with Crippen LogP contribution in [0.1, 0.15) is 39.2 Å². The van der Waals surface area contributed by atoms with E-state index in [-0.39, 0.29) is 28.7 Å². The van der Waals surface area contributed by atoms with Crippen LogP contribution in [-0.4, -0.2) is 37.1 Å². The third kappa shape index (κ3) is 5.88. The van der Waals surface area contributed by atoms with E-state index in [0.29, 0.717) is 29.2 Å². The summed E-state index contributed by atoms with van der Waals surface area (Å²) in [4.78, 5) is 24.3. The van der Waals surface area contributed by atoms with Crippen LogP contribution in [0.4, 0.5) is 5.69 Å². The molecule has 1 heterocycles. The summed E-state index contributed by atoms with van der Waals surface area (Å²) in [6, 6.07) is 12.0. The summed E-state index contributed by atoms with van der Waals surface area (Å²) in [7, 11) is -4.00. The van der Waals surface area contributed by atoms with E-state index in [1.165, 1.54) is 35.5 Å². The number of benzene rings is 2. The van der Waals surface area contributed by atoms with Crippen molar-refractivity contribution < 1.29 is 18.0 Å². The zero-order valence-corrected chi connectivity index (χ0v) is 20.0. The smallest absolute Gasteiger partial charge is 0.244 e. The van der Waals surface area contributed by atoms with Crippen LogP contribution in [0.5, 0.6) is 0 Å². The second-order valence-electron chi connectivity index (χ2n) is 8.81. The Morgan fingerprint density at radius 1 is 1.16 bits per heavy atom. The molecule has 0 bridgehead atoms. The summed E-state index contributed by atoms with van der Waals surface area (Å²) < 4.78 is 28.6. The van der Waals surface area contributed by atoms with Crippen LogP contribution in [0.3, 0.4) is 0 Å². The van der Waals surface area contributed by atoms with E-state index in [2.05, 4.69) is 10.6 Å². The number of sulfonamides is 1. The Hall–Kier alpha value is -2.42. The SMILES string of the molecule is CC(=O)Nc1ccc(CN(C2CC(C)(C)CCNC2=O)S(=O)(=O)c2ccc(Cl)cc2)cc1. The molecule has 1 fully saturated rings. The van der Waals surface area contributed by atoms with Gasteiger partial charge in [-0.2, -0.15) is 4.31 Å². The Bertz CT molecular complexity index is 1080. The number of hydrogen-bond acceptors (Lipinski definition) is 4. The van der Waals surface area contributed by atoms with Crippen molar-refractivity contribution in [2.24, 2.45) is 5.41 Å². The predicted octanol–water partition coefficient (Wildman–Crippen LogP) is 3.79. The molecule has 0 saturated carbocycles. The van der Waals surface area contributed by atoms with E-state index in [4.69, 9.17) is 11.6 Å². The molecule has 0 spiro atoms. The normalized spacial score (nSPS) is 18.7. The van der Waals surface area contributed by atoms with Crippen molar-refractivity contribution in [2.45, 2.75) is 51.1 Å². The Morgan fingerprint density at radius 3 is 2.38 bits per heavy atom. The van der Waals surface area contributed by atoms with Gasteiger partial charge in [0, 0.05) is 30.7 Å². The average molecular weight is 478 g/mol. The predicted molar refractivity (Wildman–Crippen MR) is 125 cm³/mol. The van der Waals surface area contributed by atoms with E-state index in [1.54, 1.807) is 24.3 Å². The van der Waals surface area contributed by atoms with E-state index in [1.807, 2.05) is 13.8 Å². The molecule has 7 nitrogen and oxygen atoms in total. The van der Waals surface area contributed by atoms with Gasteiger partial charge in [0.05, 0.1) is 4.90 Å². The van der Waals surface area contributed by atoms with E-state index < -0.39 is 16.1 Å². The Balaban J connectivity index is 2.01. The van der Waals surface area contributed by atoms with Crippen molar-refractivity contribution in [3.63, 3.8) is 0 Å². The standard InChI is InChI=1S/C23H28ClN3O4S/c1-16(28)26-19-8-4-17(5-9-19)15-27(21-14-23(2,3)12-13-25-22(21)29)32(30,31)20-10-6-18(24)7-11-20/h4-11,21H,12-15H2,1-3H3,(H,25,29)(H,26,28). The molecule has 2 aromatic carbocycles. The van der Waals surface area contributed by atoms with Crippen LogP contribution in [-0.2, 0) is 26.2 Å². The first-order chi connectivity index (χ1) is 15.0. The number of hydrogen-bond donors (Lipinski definition) is 2. The van der Waals surface area contributed by atoms with Crippen LogP contribution in [0.2, 0.25) is 5.02 Å². The molecule has 1 unspecified atom stereocenters. The molecule has 0 aromatic heterocycles. The highest BCUT2D eigenvalue weighted by Gasteiger charge is 2.40. The van der Waals surface area contributed by atoms with Gasteiger partial charge in [0.1, 0.15) is 6.04 Å². The fourth-order valence-electron chi connectivity index (χ4n) is 3.77. The van der Waals surface area contributed by atoms with Crippen molar-refractivity contribution in [2.75, 3.05) is 11.9 Å². The average Bonchev–Trinajstić information content (AvgIpc) is 2.84. The van der Waals surface area contributed by atoms with Crippen molar-refractivity contribution in [3.05, 3.63) is 59.1 Å². The summed E-state index contributed by atoms with van der Waals surface area (Å²) in [6.07, 6.45) is 1.16. The lowest BCUT2D eigenvalue weighted by molar-refractivity contribution is -0.125. The van der Waals surface area contributed by atoms with Crippen LogP contribution in [0, 0.1) is 5.41 Å². The van der Waals surface area contributed by atoms with Gasteiger partial charge < -0.3 is 10.6 Å². The Labute approximate surface area is 194 Å². The number of halogens is 1. The molecule has 2 N–H and O–H groups in total. The highest BCUT2D eigenvalue weighted by Crippen LogP contribution is 2.33. The molecule has 0 aliphatic carbocycles. The molecule has 2 aromatic rings. The van der Waals surface area contributed by atoms with Gasteiger partial charge in [-0.15, -0.1) is 0 Å². The summed E-state index contributed by atoms with van der Waals surface area (Å²) in [5.41, 5.74) is 1.10. The summed E-state index contributed by atoms with van der Waals surface area (Å²) >= 11 is 5.95. The minimum absolute atomic E-state index is 0.0134. The molecule has 1 aliphatic heterocycles. The third-order valence-corrected chi connectivity index (χ3v) is 7.65. The lowest BCUT2D eigenvalue weighted by atomic mass is 9.83. The second kappa shape index (κ2) is 9.60. The molecule has 9 heteroatoms. The van der Waals surface area contributed by atoms with Crippen molar-refractivity contribution in [3.8, 4) is 0 Å². The number of rotatable bonds is 6. The number of carbonyl (C=O) groups excluding carboxylic acids is 2. The fraction of sp³-hybridized carbons (Fsp3) is 0.391. The van der Waals surface area contributed by atoms with Crippen LogP contribution >= 0.6 is 11.6 Å². The number of amides is 2. The first kappa shape index (κ1) is 24.2. The van der Waals surface area contributed by atoms with Crippen molar-refractivity contribution >= 4 is 39.1 Å². The van der Waals surface area contributed by atoms with Crippen molar-refractivity contribution in [1.29, 1.82) is 0 Å². The van der Waals surface area contributed by atoms with Gasteiger partial charge in [-0.1, -0.05) is 37.6 Å². The maximum atomic E-state index is 13.7. The first-order valence-corrected chi connectivity index (χ1v) is 12.2. The van der Waals surface area contributed by atoms with E-state index in [0.717, 1.165) is 6.42 Å². The number of nitrogens with one attached hydrogen (secondary N) is 2. The zero-order chi connectivity index (χ0) is 23.5. The summed E-state index contributed by atoms with van der Waals surface area (Å²) in [5.74, 6) is -0.495. The molecule has 3 rings (SSSR count). The van der Waals surface area contributed by atoms with Crippen molar-refractivity contribution in [1.82, 2.24) is 9.62 Å². The molecule has 32 heavy (non-hydrogen) atoms. The number of carbonyl (C=O) groups is 2.